The average molecular weight is 191 g/mol. The molecule has 0 bridgehead atoms. The van der Waals surface area contributed by atoms with Gasteiger partial charge in [0.05, 0.1) is 16.3 Å². The highest BCUT2D eigenvalue weighted by molar-refractivity contribution is 6.31. The molecule has 0 aliphatic rings. The maximum atomic E-state index is 9.28. The van der Waals surface area contributed by atoms with Gasteiger partial charge in [-0.3, -0.25) is 0 Å². The first kappa shape index (κ1) is 11.3. The normalized spacial score (nSPS) is 12.8. The fraction of sp³-hybridized carbons (Fsp3) is 0.500. The zero-order chi connectivity index (χ0) is 9.78. The molecule has 0 aromatic rings. The van der Waals surface area contributed by atoms with Crippen LogP contribution in [0, 0.1) is 0 Å². The van der Waals surface area contributed by atoms with Crippen molar-refractivity contribution in [3.63, 3.8) is 0 Å². The van der Waals surface area contributed by atoms with Gasteiger partial charge in [0.25, 0.3) is 0 Å². The predicted octanol–water partition coefficient (Wildman–Crippen LogP) is 0.899. The summed E-state index contributed by atoms with van der Waals surface area (Å²) in [5.41, 5.74) is 5.05. The molecule has 0 unspecified atom stereocenters. The Balaban J connectivity index is 3.83. The Hall–Kier alpha value is -0.670. The molecule has 0 spiro atoms. The lowest BCUT2D eigenvalue weighted by atomic mass is 10.1. The largest absolute Gasteiger partial charge is 0.396 e. The van der Waals surface area contributed by atoms with Crippen molar-refractivity contribution in [2.24, 2.45) is 5.73 Å². The summed E-state index contributed by atoms with van der Waals surface area (Å²) >= 11 is 5.49. The Bertz CT molecular complexity index is 194. The minimum atomic E-state index is -0.759. The zero-order valence-electron chi connectivity index (χ0n) is 7.39. The molecule has 0 aromatic carbocycles. The molecule has 0 fully saturated rings. The third-order valence-electron chi connectivity index (χ3n) is 1.11. The van der Waals surface area contributed by atoms with Crippen LogP contribution in [0.3, 0.4) is 0 Å². The molecule has 0 aliphatic carbocycles. The standard InChI is InChI=1S/C8H15ClN2O/c1-6(9)7(10)4-11-5-8(2,3)12/h4,11-12H,1,5,10H2,2-3H3/b7-4+. The van der Waals surface area contributed by atoms with Crippen molar-refractivity contribution in [2.45, 2.75) is 19.4 Å². The molecule has 0 atom stereocenters. The van der Waals surface area contributed by atoms with E-state index in [1.807, 2.05) is 0 Å². The first-order valence-electron chi connectivity index (χ1n) is 3.59. The van der Waals surface area contributed by atoms with Crippen molar-refractivity contribution >= 4 is 11.6 Å². The number of halogens is 1. The highest BCUT2D eigenvalue weighted by Crippen LogP contribution is 2.04. The smallest absolute Gasteiger partial charge is 0.0763 e. The van der Waals surface area contributed by atoms with Crippen LogP contribution >= 0.6 is 11.6 Å². The van der Waals surface area contributed by atoms with E-state index >= 15 is 0 Å². The molecule has 0 heterocycles. The molecule has 70 valence electrons. The maximum Gasteiger partial charge on any atom is 0.0763 e. The van der Waals surface area contributed by atoms with Crippen LogP contribution in [0.5, 0.6) is 0 Å². The highest BCUT2D eigenvalue weighted by atomic mass is 35.5. The Labute approximate surface area is 77.9 Å². The maximum absolute atomic E-state index is 9.28. The van der Waals surface area contributed by atoms with Crippen molar-refractivity contribution in [1.29, 1.82) is 0 Å². The van der Waals surface area contributed by atoms with E-state index < -0.39 is 5.60 Å². The highest BCUT2D eigenvalue weighted by Gasteiger charge is 2.09. The molecule has 12 heavy (non-hydrogen) atoms. The molecular formula is C8H15ClN2O. The van der Waals surface area contributed by atoms with Crippen molar-refractivity contribution in [3.05, 3.63) is 23.5 Å². The summed E-state index contributed by atoms with van der Waals surface area (Å²) in [5.74, 6) is 0. The van der Waals surface area contributed by atoms with Gasteiger partial charge >= 0.3 is 0 Å². The molecule has 4 heteroatoms. The zero-order valence-corrected chi connectivity index (χ0v) is 8.15. The van der Waals surface area contributed by atoms with Crippen LogP contribution in [0.15, 0.2) is 23.5 Å². The summed E-state index contributed by atoms with van der Waals surface area (Å²) in [4.78, 5) is 0. The van der Waals surface area contributed by atoms with E-state index in [0.29, 0.717) is 17.3 Å². The van der Waals surface area contributed by atoms with E-state index in [1.54, 1.807) is 13.8 Å². The van der Waals surface area contributed by atoms with Crippen molar-refractivity contribution in [2.75, 3.05) is 6.54 Å². The molecule has 0 saturated carbocycles. The first-order valence-corrected chi connectivity index (χ1v) is 3.97. The molecular weight excluding hydrogens is 176 g/mol. The lowest BCUT2D eigenvalue weighted by molar-refractivity contribution is 0.0835. The van der Waals surface area contributed by atoms with Crippen LogP contribution in [0.25, 0.3) is 0 Å². The van der Waals surface area contributed by atoms with E-state index in [1.165, 1.54) is 6.20 Å². The third-order valence-corrected chi connectivity index (χ3v) is 1.32. The number of allylic oxidation sites excluding steroid dienone is 1. The second-order valence-corrected chi connectivity index (χ2v) is 3.65. The Kier molecular flexibility index (Phi) is 4.13. The van der Waals surface area contributed by atoms with Gasteiger partial charge in [-0.1, -0.05) is 18.2 Å². The van der Waals surface area contributed by atoms with E-state index in [9.17, 15) is 5.11 Å². The van der Waals surface area contributed by atoms with Gasteiger partial charge in [0, 0.05) is 12.7 Å². The number of nitrogens with two attached hydrogens (primary N) is 1. The van der Waals surface area contributed by atoms with Gasteiger partial charge < -0.3 is 16.2 Å². The van der Waals surface area contributed by atoms with Crippen LogP contribution in [-0.4, -0.2) is 17.3 Å². The molecule has 0 aliphatic heterocycles. The first-order chi connectivity index (χ1) is 5.33. The van der Waals surface area contributed by atoms with Gasteiger partial charge in [-0.15, -0.1) is 0 Å². The van der Waals surface area contributed by atoms with Gasteiger partial charge in [0.15, 0.2) is 0 Å². The quantitative estimate of drug-likeness (QED) is 0.578. The second kappa shape index (κ2) is 4.38. The van der Waals surface area contributed by atoms with E-state index in [2.05, 4.69) is 11.9 Å². The molecule has 0 aromatic heterocycles. The van der Waals surface area contributed by atoms with Crippen molar-refractivity contribution < 1.29 is 5.11 Å². The molecule has 0 radical (unpaired) electrons. The van der Waals surface area contributed by atoms with Gasteiger partial charge in [-0.2, -0.15) is 0 Å². The van der Waals surface area contributed by atoms with Crippen LogP contribution in [-0.2, 0) is 0 Å². The monoisotopic (exact) mass is 190 g/mol. The minimum Gasteiger partial charge on any atom is -0.396 e. The van der Waals surface area contributed by atoms with E-state index in [0.717, 1.165) is 0 Å². The lowest BCUT2D eigenvalue weighted by Gasteiger charge is -2.16. The SMILES string of the molecule is C=C(Cl)/C(N)=C\NCC(C)(C)O. The number of hydrogen-bond acceptors (Lipinski definition) is 3. The Morgan fingerprint density at radius 3 is 2.58 bits per heavy atom. The van der Waals surface area contributed by atoms with Crippen LogP contribution in [0.1, 0.15) is 13.8 Å². The number of aliphatic hydroxyl groups is 1. The fourth-order valence-electron chi connectivity index (χ4n) is 0.489. The van der Waals surface area contributed by atoms with Crippen LogP contribution in [0.4, 0.5) is 0 Å². The minimum absolute atomic E-state index is 0.290. The van der Waals surface area contributed by atoms with Gasteiger partial charge in [0.2, 0.25) is 0 Å². The van der Waals surface area contributed by atoms with Crippen LogP contribution < -0.4 is 11.1 Å². The van der Waals surface area contributed by atoms with Crippen molar-refractivity contribution in [1.82, 2.24) is 5.32 Å². The molecule has 0 saturated heterocycles. The van der Waals surface area contributed by atoms with Gasteiger partial charge in [-0.05, 0) is 13.8 Å². The summed E-state index contributed by atoms with van der Waals surface area (Å²) in [6, 6.07) is 0. The summed E-state index contributed by atoms with van der Waals surface area (Å²) in [6.07, 6.45) is 1.52. The molecule has 0 rings (SSSR count). The molecule has 0 amide bonds. The fourth-order valence-corrected chi connectivity index (χ4v) is 0.544. The summed E-state index contributed by atoms with van der Waals surface area (Å²) in [6.45, 7) is 7.24. The number of nitrogens with one attached hydrogen (secondary N) is 1. The van der Waals surface area contributed by atoms with E-state index in [-0.39, 0.29) is 0 Å². The van der Waals surface area contributed by atoms with Crippen molar-refractivity contribution in [3.8, 4) is 0 Å². The summed E-state index contributed by atoms with van der Waals surface area (Å²) < 4.78 is 0. The van der Waals surface area contributed by atoms with Crippen LogP contribution in [0.2, 0.25) is 0 Å². The average Bonchev–Trinajstić information content (AvgIpc) is 1.84. The molecule has 3 nitrogen and oxygen atoms in total. The predicted molar refractivity (Wildman–Crippen MR) is 51.6 cm³/mol. The molecule has 4 N–H and O–H groups in total. The number of hydrogen-bond donors (Lipinski definition) is 3. The van der Waals surface area contributed by atoms with E-state index in [4.69, 9.17) is 17.3 Å². The number of rotatable bonds is 4. The second-order valence-electron chi connectivity index (χ2n) is 3.20. The summed E-state index contributed by atoms with van der Waals surface area (Å²) in [5, 5.41) is 12.4. The van der Waals surface area contributed by atoms with Gasteiger partial charge in [0.1, 0.15) is 0 Å². The topological polar surface area (TPSA) is 58.3 Å². The lowest BCUT2D eigenvalue weighted by Crippen LogP contribution is -2.32. The summed E-state index contributed by atoms with van der Waals surface area (Å²) in [7, 11) is 0. The Morgan fingerprint density at radius 2 is 2.25 bits per heavy atom. The third kappa shape index (κ3) is 6.07. The Morgan fingerprint density at radius 1 is 1.75 bits per heavy atom. The van der Waals surface area contributed by atoms with Gasteiger partial charge in [-0.25, -0.2) is 0 Å².